The van der Waals surface area contributed by atoms with Gasteiger partial charge < -0.3 is 24.6 Å². The van der Waals surface area contributed by atoms with Crippen molar-refractivity contribution < 1.29 is 14.3 Å². The number of aliphatic imine (C=N–C) groups is 1. The van der Waals surface area contributed by atoms with Crippen molar-refractivity contribution in [3.63, 3.8) is 0 Å². The smallest absolute Gasteiger partial charge is 0.224 e. The molecule has 7 nitrogen and oxygen atoms in total. The van der Waals surface area contributed by atoms with E-state index in [1.807, 2.05) is 4.90 Å². The molecule has 9 heteroatoms. The molecule has 3 heterocycles. The van der Waals surface area contributed by atoms with Crippen LogP contribution in [0, 0.1) is 0 Å². The zero-order valence-electron chi connectivity index (χ0n) is 18.1. The van der Waals surface area contributed by atoms with Crippen LogP contribution in [0.15, 0.2) is 16.4 Å². The number of rotatable bonds is 8. The molecule has 3 rings (SSSR count). The number of halogens is 1. The molecule has 0 radical (unpaired) electrons. The first-order valence-corrected chi connectivity index (χ1v) is 11.5. The van der Waals surface area contributed by atoms with E-state index in [1.54, 1.807) is 25.5 Å². The lowest BCUT2D eigenvalue weighted by Crippen LogP contribution is -2.47. The van der Waals surface area contributed by atoms with E-state index >= 15 is 0 Å². The quantitative estimate of drug-likeness (QED) is 0.234. The van der Waals surface area contributed by atoms with E-state index in [0.29, 0.717) is 19.1 Å². The average Bonchev–Trinajstić information content (AvgIpc) is 3.23. The third-order valence-electron chi connectivity index (χ3n) is 5.58. The number of fused-ring (bicyclic) bond motifs is 1. The first kappa shape index (κ1) is 25.4. The maximum absolute atomic E-state index is 12.6. The van der Waals surface area contributed by atoms with Gasteiger partial charge in [-0.3, -0.25) is 9.79 Å². The minimum Gasteiger partial charge on any atom is -0.385 e. The Balaban J connectivity index is 0.00000320. The maximum Gasteiger partial charge on any atom is 0.224 e. The molecule has 1 saturated heterocycles. The van der Waals surface area contributed by atoms with Gasteiger partial charge in [-0.05, 0) is 42.7 Å². The Morgan fingerprint density at radius 3 is 2.80 bits per heavy atom. The SMILES string of the molecule is CN=C(NCCC(=O)N1CCc2sccc2C1)N1CCC(OCCCOC)CC1.I. The summed E-state index contributed by atoms with van der Waals surface area (Å²) in [5.74, 6) is 1.10. The summed E-state index contributed by atoms with van der Waals surface area (Å²) >= 11 is 1.80. The fourth-order valence-corrected chi connectivity index (χ4v) is 4.81. The summed E-state index contributed by atoms with van der Waals surface area (Å²) in [5.41, 5.74) is 1.31. The van der Waals surface area contributed by atoms with E-state index in [4.69, 9.17) is 9.47 Å². The lowest BCUT2D eigenvalue weighted by molar-refractivity contribution is -0.131. The Hall–Kier alpha value is -0.910. The Morgan fingerprint density at radius 2 is 2.07 bits per heavy atom. The van der Waals surface area contributed by atoms with E-state index in [1.165, 1.54) is 10.4 Å². The number of guanidine groups is 1. The molecule has 0 unspecified atom stereocenters. The summed E-state index contributed by atoms with van der Waals surface area (Å²) in [6.07, 6.45) is 4.75. The molecule has 0 aliphatic carbocycles. The zero-order chi connectivity index (χ0) is 20.5. The van der Waals surface area contributed by atoms with Crippen LogP contribution < -0.4 is 5.32 Å². The number of ether oxygens (including phenoxy) is 2. The lowest BCUT2D eigenvalue weighted by Gasteiger charge is -2.34. The minimum atomic E-state index is 0. The van der Waals surface area contributed by atoms with E-state index in [9.17, 15) is 4.79 Å². The highest BCUT2D eigenvalue weighted by Crippen LogP contribution is 2.24. The zero-order valence-corrected chi connectivity index (χ0v) is 21.2. The Bertz CT molecular complexity index is 677. The molecule has 30 heavy (non-hydrogen) atoms. The molecule has 0 aromatic carbocycles. The normalized spacial score (nSPS) is 17.5. The van der Waals surface area contributed by atoms with Gasteiger partial charge in [-0.1, -0.05) is 0 Å². The van der Waals surface area contributed by atoms with Gasteiger partial charge in [0.2, 0.25) is 5.91 Å². The number of carbonyl (C=O) groups excluding carboxylic acids is 1. The second-order valence-electron chi connectivity index (χ2n) is 7.56. The third-order valence-corrected chi connectivity index (χ3v) is 6.61. The molecule has 1 amide bonds. The van der Waals surface area contributed by atoms with E-state index in [-0.39, 0.29) is 29.9 Å². The maximum atomic E-state index is 12.6. The van der Waals surface area contributed by atoms with Gasteiger partial charge in [0.15, 0.2) is 5.96 Å². The number of thiophene rings is 1. The van der Waals surface area contributed by atoms with Crippen LogP contribution in [0.1, 0.15) is 36.1 Å². The van der Waals surface area contributed by atoms with Crippen LogP contribution in [-0.4, -0.2) is 81.3 Å². The summed E-state index contributed by atoms with van der Waals surface area (Å²) in [7, 11) is 3.52. The number of piperidine rings is 1. The molecule has 0 saturated carbocycles. The second-order valence-corrected chi connectivity index (χ2v) is 8.56. The van der Waals surface area contributed by atoms with Crippen LogP contribution in [-0.2, 0) is 27.2 Å². The van der Waals surface area contributed by atoms with Gasteiger partial charge in [0.1, 0.15) is 0 Å². The number of nitrogens with zero attached hydrogens (tertiary/aromatic N) is 3. The van der Waals surface area contributed by atoms with Gasteiger partial charge in [-0.25, -0.2) is 0 Å². The fourth-order valence-electron chi connectivity index (χ4n) is 3.92. The van der Waals surface area contributed by atoms with Crippen LogP contribution in [0.2, 0.25) is 0 Å². The largest absolute Gasteiger partial charge is 0.385 e. The Kier molecular flexibility index (Phi) is 11.4. The summed E-state index contributed by atoms with van der Waals surface area (Å²) in [6.45, 7) is 5.57. The molecule has 0 bridgehead atoms. The molecule has 0 spiro atoms. The van der Waals surface area contributed by atoms with Gasteiger partial charge >= 0.3 is 0 Å². The number of nitrogens with one attached hydrogen (secondary N) is 1. The molecule has 1 N–H and O–H groups in total. The van der Waals surface area contributed by atoms with Crippen LogP contribution >= 0.6 is 35.3 Å². The Labute approximate surface area is 201 Å². The van der Waals surface area contributed by atoms with Crippen molar-refractivity contribution in [2.75, 3.05) is 53.6 Å². The molecule has 170 valence electrons. The molecule has 2 aliphatic heterocycles. The predicted molar refractivity (Wildman–Crippen MR) is 132 cm³/mol. The van der Waals surface area contributed by atoms with Crippen LogP contribution in [0.25, 0.3) is 0 Å². The van der Waals surface area contributed by atoms with Crippen molar-refractivity contribution in [1.29, 1.82) is 0 Å². The van der Waals surface area contributed by atoms with Crippen molar-refractivity contribution in [1.82, 2.24) is 15.1 Å². The van der Waals surface area contributed by atoms with Crippen LogP contribution in [0.5, 0.6) is 0 Å². The molecule has 1 aromatic heterocycles. The number of hydrogen-bond acceptors (Lipinski definition) is 5. The predicted octanol–water partition coefficient (Wildman–Crippen LogP) is 2.73. The number of amides is 1. The van der Waals surface area contributed by atoms with Gasteiger partial charge in [0.25, 0.3) is 0 Å². The molecular formula is C21H35IN4O3S. The molecule has 2 aliphatic rings. The van der Waals surface area contributed by atoms with E-state index in [2.05, 4.69) is 26.7 Å². The van der Waals surface area contributed by atoms with Crippen LogP contribution in [0.3, 0.4) is 0 Å². The topological polar surface area (TPSA) is 66.4 Å². The summed E-state index contributed by atoms with van der Waals surface area (Å²) in [5, 5.41) is 5.49. The first-order chi connectivity index (χ1) is 14.2. The molecule has 0 atom stereocenters. The minimum absolute atomic E-state index is 0. The molecule has 1 fully saturated rings. The van der Waals surface area contributed by atoms with Crippen molar-refractivity contribution in [3.8, 4) is 0 Å². The Morgan fingerprint density at radius 1 is 1.27 bits per heavy atom. The van der Waals surface area contributed by atoms with Crippen LogP contribution in [0.4, 0.5) is 0 Å². The summed E-state index contributed by atoms with van der Waals surface area (Å²) in [4.78, 5) is 22.7. The van der Waals surface area contributed by atoms with Crippen molar-refractivity contribution in [2.24, 2.45) is 4.99 Å². The summed E-state index contributed by atoms with van der Waals surface area (Å²) < 4.78 is 11.0. The van der Waals surface area contributed by atoms with E-state index in [0.717, 1.165) is 71.0 Å². The highest BCUT2D eigenvalue weighted by Gasteiger charge is 2.23. The van der Waals surface area contributed by atoms with Gasteiger partial charge in [-0.15, -0.1) is 35.3 Å². The standard InChI is InChI=1S/C21H34N4O3S.HI/c1-22-21(24-10-5-18(6-11-24)28-14-3-13-27-2)23-9-4-20(26)25-12-7-19-17(16-25)8-15-29-19;/h8,15,18H,3-7,9-14,16H2,1-2H3,(H,22,23);1H. The van der Waals surface area contributed by atoms with Gasteiger partial charge in [-0.2, -0.15) is 0 Å². The van der Waals surface area contributed by atoms with Gasteiger partial charge in [0, 0.05) is 71.4 Å². The second kappa shape index (κ2) is 13.5. The average molecular weight is 551 g/mol. The lowest BCUT2D eigenvalue weighted by atomic mass is 10.1. The monoisotopic (exact) mass is 550 g/mol. The highest BCUT2D eigenvalue weighted by atomic mass is 127. The van der Waals surface area contributed by atoms with E-state index < -0.39 is 0 Å². The van der Waals surface area contributed by atoms with Crippen molar-refractivity contribution in [3.05, 3.63) is 21.9 Å². The molecule has 1 aromatic rings. The van der Waals surface area contributed by atoms with Gasteiger partial charge in [0.05, 0.1) is 6.10 Å². The number of hydrogen-bond donors (Lipinski definition) is 1. The van der Waals surface area contributed by atoms with Crippen molar-refractivity contribution in [2.45, 2.75) is 44.8 Å². The number of likely N-dealkylation sites (tertiary alicyclic amines) is 1. The summed E-state index contributed by atoms with van der Waals surface area (Å²) in [6, 6.07) is 2.14. The molecular weight excluding hydrogens is 515 g/mol. The first-order valence-electron chi connectivity index (χ1n) is 10.6. The third kappa shape index (κ3) is 7.35. The number of methoxy groups -OCH3 is 1. The highest BCUT2D eigenvalue weighted by molar-refractivity contribution is 14.0. The fraction of sp³-hybridized carbons (Fsp3) is 0.714. The number of carbonyl (C=O) groups is 1. The van der Waals surface area contributed by atoms with Crippen molar-refractivity contribution >= 4 is 47.2 Å².